The van der Waals surface area contributed by atoms with E-state index < -0.39 is 0 Å². The minimum Gasteiger partial charge on any atom is -0.497 e. The molecule has 1 aromatic carbocycles. The minimum atomic E-state index is 0.867. The van der Waals surface area contributed by atoms with Gasteiger partial charge in [0.05, 0.1) is 12.8 Å². The van der Waals surface area contributed by atoms with Gasteiger partial charge >= 0.3 is 0 Å². The number of hydrogen-bond donors (Lipinski definition) is 1. The fourth-order valence-electron chi connectivity index (χ4n) is 2.42. The highest BCUT2D eigenvalue weighted by atomic mass is 16.5. The van der Waals surface area contributed by atoms with Gasteiger partial charge in [0.2, 0.25) is 5.95 Å². The minimum absolute atomic E-state index is 0.867. The van der Waals surface area contributed by atoms with Gasteiger partial charge in [0, 0.05) is 24.3 Å². The van der Waals surface area contributed by atoms with E-state index in [-0.39, 0.29) is 0 Å². The number of hydrogen-bond acceptors (Lipinski definition) is 3. The Hall–Kier alpha value is -1.97. The summed E-state index contributed by atoms with van der Waals surface area (Å²) in [6, 6.07) is 8.05. The van der Waals surface area contributed by atoms with Gasteiger partial charge in [-0.25, -0.2) is 4.98 Å². The molecule has 1 N–H and O–H groups in total. The van der Waals surface area contributed by atoms with Crippen LogP contribution in [0.15, 0.2) is 24.3 Å². The van der Waals surface area contributed by atoms with Gasteiger partial charge in [0.1, 0.15) is 5.75 Å². The predicted octanol–water partition coefficient (Wildman–Crippen LogP) is 2.68. The monoisotopic (exact) mass is 243 g/mol. The number of nitrogens with zero attached hydrogens (tertiary/aromatic N) is 2. The zero-order valence-corrected chi connectivity index (χ0v) is 10.7. The van der Waals surface area contributed by atoms with E-state index in [2.05, 4.69) is 22.9 Å². The molecule has 0 spiro atoms. The smallest absolute Gasteiger partial charge is 0.203 e. The van der Waals surface area contributed by atoms with Crippen molar-refractivity contribution in [1.29, 1.82) is 0 Å². The van der Waals surface area contributed by atoms with Crippen molar-refractivity contribution in [2.24, 2.45) is 0 Å². The zero-order chi connectivity index (χ0) is 12.5. The van der Waals surface area contributed by atoms with Gasteiger partial charge in [0.25, 0.3) is 0 Å². The van der Waals surface area contributed by atoms with Gasteiger partial charge in [-0.15, -0.1) is 0 Å². The molecule has 0 unspecified atom stereocenters. The van der Waals surface area contributed by atoms with Crippen LogP contribution >= 0.6 is 0 Å². The van der Waals surface area contributed by atoms with Crippen molar-refractivity contribution in [2.75, 3.05) is 19.0 Å². The highest BCUT2D eigenvalue weighted by molar-refractivity contribution is 5.66. The van der Waals surface area contributed by atoms with Gasteiger partial charge in [-0.2, -0.15) is 0 Å². The van der Waals surface area contributed by atoms with E-state index in [1.165, 1.54) is 5.69 Å². The molecule has 0 aliphatic carbocycles. The molecule has 2 heterocycles. The lowest BCUT2D eigenvalue weighted by Crippen LogP contribution is -2.17. The van der Waals surface area contributed by atoms with Crippen LogP contribution < -0.4 is 10.1 Å². The molecule has 4 heteroatoms. The van der Waals surface area contributed by atoms with E-state index in [1.807, 2.05) is 18.2 Å². The van der Waals surface area contributed by atoms with Crippen LogP contribution in [0.25, 0.3) is 11.3 Å². The summed E-state index contributed by atoms with van der Waals surface area (Å²) in [5.74, 6) is 1.85. The van der Waals surface area contributed by atoms with Crippen LogP contribution in [-0.4, -0.2) is 23.2 Å². The van der Waals surface area contributed by atoms with E-state index in [4.69, 9.17) is 9.72 Å². The molecule has 1 aromatic heterocycles. The maximum absolute atomic E-state index is 5.27. The Morgan fingerprint density at radius 2 is 2.28 bits per heavy atom. The molecule has 0 bridgehead atoms. The van der Waals surface area contributed by atoms with Crippen molar-refractivity contribution in [3.63, 3.8) is 0 Å². The molecule has 1 aliphatic heterocycles. The lowest BCUT2D eigenvalue weighted by molar-refractivity contribution is 0.415. The van der Waals surface area contributed by atoms with Crippen molar-refractivity contribution in [3.8, 4) is 17.0 Å². The first-order valence-electron chi connectivity index (χ1n) is 6.25. The predicted molar refractivity (Wildman–Crippen MR) is 72.1 cm³/mol. The molecule has 4 nitrogen and oxygen atoms in total. The third kappa shape index (κ3) is 1.74. The Bertz CT molecular complexity index is 574. The van der Waals surface area contributed by atoms with E-state index in [9.17, 15) is 0 Å². The molecule has 0 saturated heterocycles. The summed E-state index contributed by atoms with van der Waals surface area (Å²) in [5, 5.41) is 3.34. The van der Waals surface area contributed by atoms with E-state index in [1.54, 1.807) is 7.11 Å². The number of rotatable bonds is 2. The third-order valence-corrected chi connectivity index (χ3v) is 3.41. The van der Waals surface area contributed by atoms with Crippen molar-refractivity contribution >= 4 is 5.95 Å². The number of ether oxygens (including phenoxy) is 1. The molecule has 0 amide bonds. The normalized spacial score (nSPS) is 13.9. The van der Waals surface area contributed by atoms with E-state index >= 15 is 0 Å². The number of nitrogens with one attached hydrogen (secondary N) is 1. The van der Waals surface area contributed by atoms with Crippen LogP contribution in [0.4, 0.5) is 5.95 Å². The standard InChI is InChI=1S/C14H17N3O/c1-10-13(11-5-3-6-12(9-11)18-2)16-14-15-7-4-8-17(10)14/h3,5-6,9H,4,7-8H2,1-2H3,(H,15,16). The fraction of sp³-hybridized carbons (Fsp3) is 0.357. The van der Waals surface area contributed by atoms with Gasteiger partial charge in [-0.05, 0) is 25.5 Å². The van der Waals surface area contributed by atoms with Crippen LogP contribution in [0.1, 0.15) is 12.1 Å². The Morgan fingerprint density at radius 3 is 3.06 bits per heavy atom. The summed E-state index contributed by atoms with van der Waals surface area (Å²) in [6.07, 6.45) is 1.15. The van der Waals surface area contributed by atoms with E-state index in [0.29, 0.717) is 0 Å². The molecule has 3 rings (SSSR count). The average Bonchev–Trinajstić information content (AvgIpc) is 2.77. The van der Waals surface area contributed by atoms with Gasteiger partial charge in [0.15, 0.2) is 0 Å². The van der Waals surface area contributed by atoms with Gasteiger partial charge in [-0.1, -0.05) is 12.1 Å². The first kappa shape index (κ1) is 11.1. The van der Waals surface area contributed by atoms with Crippen molar-refractivity contribution in [3.05, 3.63) is 30.0 Å². The summed E-state index contributed by atoms with van der Waals surface area (Å²) in [5.41, 5.74) is 3.36. The fourth-order valence-corrected chi connectivity index (χ4v) is 2.42. The van der Waals surface area contributed by atoms with E-state index in [0.717, 1.165) is 42.5 Å². The summed E-state index contributed by atoms with van der Waals surface area (Å²) in [4.78, 5) is 4.69. The molecule has 0 atom stereocenters. The summed E-state index contributed by atoms with van der Waals surface area (Å²) in [7, 11) is 1.69. The first-order chi connectivity index (χ1) is 8.79. The summed E-state index contributed by atoms with van der Waals surface area (Å²) >= 11 is 0. The van der Waals surface area contributed by atoms with Gasteiger partial charge < -0.3 is 14.6 Å². The Balaban J connectivity index is 2.08. The van der Waals surface area contributed by atoms with Crippen LogP contribution in [0.3, 0.4) is 0 Å². The first-order valence-corrected chi connectivity index (χ1v) is 6.25. The Morgan fingerprint density at radius 1 is 1.39 bits per heavy atom. The molecule has 0 saturated carbocycles. The molecule has 0 fully saturated rings. The second kappa shape index (κ2) is 4.37. The zero-order valence-electron chi connectivity index (χ0n) is 10.7. The highest BCUT2D eigenvalue weighted by Crippen LogP contribution is 2.29. The van der Waals surface area contributed by atoms with Crippen molar-refractivity contribution in [1.82, 2.24) is 9.55 Å². The second-order valence-electron chi connectivity index (χ2n) is 4.53. The average molecular weight is 243 g/mol. The summed E-state index contributed by atoms with van der Waals surface area (Å²) < 4.78 is 7.52. The molecule has 2 aromatic rings. The lowest BCUT2D eigenvalue weighted by Gasteiger charge is -2.16. The number of anilines is 1. The van der Waals surface area contributed by atoms with Crippen LogP contribution in [0.5, 0.6) is 5.75 Å². The second-order valence-corrected chi connectivity index (χ2v) is 4.53. The molecule has 0 radical (unpaired) electrons. The highest BCUT2D eigenvalue weighted by Gasteiger charge is 2.17. The molecular weight excluding hydrogens is 226 g/mol. The number of fused-ring (bicyclic) bond motifs is 1. The Kier molecular flexibility index (Phi) is 2.70. The van der Waals surface area contributed by atoms with Gasteiger partial charge in [-0.3, -0.25) is 0 Å². The number of aromatic nitrogens is 2. The quantitative estimate of drug-likeness (QED) is 0.881. The third-order valence-electron chi connectivity index (χ3n) is 3.41. The number of imidazole rings is 1. The molecule has 18 heavy (non-hydrogen) atoms. The van der Waals surface area contributed by atoms with Crippen molar-refractivity contribution in [2.45, 2.75) is 19.9 Å². The Labute approximate surface area is 107 Å². The molecular formula is C14H17N3O. The summed E-state index contributed by atoms with van der Waals surface area (Å²) in [6.45, 7) is 4.18. The maximum atomic E-state index is 5.27. The SMILES string of the molecule is COc1cccc(-c2nc3n(c2C)CCCN3)c1. The van der Waals surface area contributed by atoms with Crippen LogP contribution in [-0.2, 0) is 6.54 Å². The largest absolute Gasteiger partial charge is 0.497 e. The molecule has 94 valence electrons. The molecule has 1 aliphatic rings. The maximum Gasteiger partial charge on any atom is 0.203 e. The number of methoxy groups -OCH3 is 1. The number of benzene rings is 1. The topological polar surface area (TPSA) is 39.1 Å². The lowest BCUT2D eigenvalue weighted by atomic mass is 10.1. The van der Waals surface area contributed by atoms with Crippen molar-refractivity contribution < 1.29 is 4.74 Å². The van der Waals surface area contributed by atoms with Crippen LogP contribution in [0, 0.1) is 6.92 Å². The van der Waals surface area contributed by atoms with Crippen LogP contribution in [0.2, 0.25) is 0 Å².